The summed E-state index contributed by atoms with van der Waals surface area (Å²) in [4.78, 5) is 13.8. The van der Waals surface area contributed by atoms with Crippen molar-refractivity contribution in [3.8, 4) is 0 Å². The Morgan fingerprint density at radius 1 is 0.917 bits per heavy atom. The van der Waals surface area contributed by atoms with Gasteiger partial charge in [-0.25, -0.2) is 0 Å². The van der Waals surface area contributed by atoms with Crippen molar-refractivity contribution in [3.63, 3.8) is 0 Å². The van der Waals surface area contributed by atoms with E-state index in [9.17, 15) is 9.90 Å². The van der Waals surface area contributed by atoms with Crippen molar-refractivity contribution < 1.29 is 9.90 Å². The van der Waals surface area contributed by atoms with Crippen LogP contribution in [-0.2, 0) is 4.79 Å². The molecule has 0 heterocycles. The van der Waals surface area contributed by atoms with E-state index < -0.39 is 0 Å². The third kappa shape index (κ3) is 3.39. The number of amides is 1. The Balaban J connectivity index is 1.54. The summed E-state index contributed by atoms with van der Waals surface area (Å²) in [5, 5.41) is 14.3. The Hall–Kier alpha value is -0.400. The first kappa shape index (κ1) is 27.2. The van der Waals surface area contributed by atoms with Gasteiger partial charge in [0.15, 0.2) is 0 Å². The maximum Gasteiger partial charge on any atom is 0.226 e. The molecule has 1 unspecified atom stereocenters. The number of carbonyl (C=O) groups excluding carboxylic acids is 1. The van der Waals surface area contributed by atoms with Crippen molar-refractivity contribution in [1.82, 2.24) is 5.32 Å². The topological polar surface area (TPSA) is 49.3 Å². The van der Waals surface area contributed by atoms with E-state index in [2.05, 4.69) is 62.7 Å². The molecule has 0 aliphatic heterocycles. The van der Waals surface area contributed by atoms with Crippen LogP contribution < -0.4 is 5.32 Å². The van der Waals surface area contributed by atoms with Crippen LogP contribution in [0.15, 0.2) is 12.2 Å². The van der Waals surface area contributed by atoms with Crippen LogP contribution in [0, 0.1) is 56.7 Å². The average molecular weight is 516 g/mol. The molecule has 1 amide bonds. The first-order chi connectivity index (χ1) is 16.8. The molecular formula is C32H54NO2P. The summed E-state index contributed by atoms with van der Waals surface area (Å²) in [6, 6.07) is 0. The van der Waals surface area contributed by atoms with Crippen LogP contribution in [0.4, 0.5) is 0 Å². The molecule has 5 aliphatic rings. The first-order valence-corrected chi connectivity index (χ1v) is 15.9. The molecule has 11 atom stereocenters. The van der Waals surface area contributed by atoms with Gasteiger partial charge in [0.25, 0.3) is 0 Å². The van der Waals surface area contributed by atoms with Gasteiger partial charge in [0, 0.05) is 6.54 Å². The minimum atomic E-state index is -0.200. The van der Waals surface area contributed by atoms with Crippen molar-refractivity contribution in [2.75, 3.05) is 12.7 Å². The minimum Gasteiger partial charge on any atom is -0.393 e. The summed E-state index contributed by atoms with van der Waals surface area (Å²) >= 11 is 0. The summed E-state index contributed by atoms with van der Waals surface area (Å²) in [5.41, 5.74) is 1.96. The Kier molecular flexibility index (Phi) is 6.65. The summed E-state index contributed by atoms with van der Waals surface area (Å²) < 4.78 is 0. The highest BCUT2D eigenvalue weighted by Gasteiger charge is 2.71. The van der Waals surface area contributed by atoms with Crippen molar-refractivity contribution in [3.05, 3.63) is 12.2 Å². The zero-order valence-electron chi connectivity index (χ0n) is 24.1. The lowest BCUT2D eigenvalue weighted by atomic mass is 9.32. The molecule has 0 aromatic carbocycles. The van der Waals surface area contributed by atoms with Crippen LogP contribution in [-0.4, -0.2) is 29.8 Å². The molecule has 5 rings (SSSR count). The molecule has 4 heteroatoms. The highest BCUT2D eigenvalue weighted by atomic mass is 31.0. The SMILES string of the molecule is C=C(C)[C@@H]1CC[C@]2(C(=O)NCCP)CC[C@]3(C)[C@H](CC[C@@H]4[C@@]5(C)CC[C@H](O)C(C)(C)[C@@H]5CC[C@]43C)[C@@H]12. The van der Waals surface area contributed by atoms with E-state index in [4.69, 9.17) is 0 Å². The van der Waals surface area contributed by atoms with Crippen LogP contribution in [0.2, 0.25) is 0 Å². The largest absolute Gasteiger partial charge is 0.393 e. The quantitative estimate of drug-likeness (QED) is 0.313. The number of nitrogens with one attached hydrogen (secondary N) is 1. The van der Waals surface area contributed by atoms with Gasteiger partial charge in [0.05, 0.1) is 11.5 Å². The average Bonchev–Trinajstić information content (AvgIpc) is 3.22. The molecule has 36 heavy (non-hydrogen) atoms. The molecule has 5 aliphatic carbocycles. The van der Waals surface area contributed by atoms with Gasteiger partial charge in [-0.1, -0.05) is 46.8 Å². The Morgan fingerprint density at radius 3 is 2.31 bits per heavy atom. The Morgan fingerprint density at radius 2 is 1.64 bits per heavy atom. The van der Waals surface area contributed by atoms with Crippen molar-refractivity contribution in [2.24, 2.45) is 56.7 Å². The van der Waals surface area contributed by atoms with Gasteiger partial charge in [0.1, 0.15) is 0 Å². The fraction of sp³-hybridized carbons (Fsp3) is 0.906. The standard InChI is InChI=1S/C32H54NO2P/c1-20(2)21-10-15-32(27(35)33-18-19-36)17-16-30(6)22(26(21)32)8-9-24-29(5)13-12-25(34)28(3,4)23(29)11-14-31(24,30)7/h21-26,34H,1,8-19,36H2,2-7H3,(H,33,35)/t21-,22+,23-,24+,25-,26+,29-,30+,31+,32-/m0/s1. The number of fused-ring (bicyclic) bond motifs is 7. The van der Waals surface area contributed by atoms with Gasteiger partial charge < -0.3 is 10.4 Å². The highest BCUT2D eigenvalue weighted by Crippen LogP contribution is 2.77. The summed E-state index contributed by atoms with van der Waals surface area (Å²) in [6.45, 7) is 20.1. The second kappa shape index (κ2) is 8.81. The fourth-order valence-electron chi connectivity index (χ4n) is 11.9. The zero-order chi connectivity index (χ0) is 26.3. The minimum absolute atomic E-state index is 0.0000454. The molecule has 0 radical (unpaired) electrons. The maximum absolute atomic E-state index is 13.8. The third-order valence-electron chi connectivity index (χ3n) is 13.9. The summed E-state index contributed by atoms with van der Waals surface area (Å²) in [6.07, 6.45) is 12.3. The molecule has 3 nitrogen and oxygen atoms in total. The number of allylic oxidation sites excluding steroid dienone is 1. The molecule has 5 fully saturated rings. The smallest absolute Gasteiger partial charge is 0.226 e. The molecular weight excluding hydrogens is 461 g/mol. The lowest BCUT2D eigenvalue weighted by molar-refractivity contribution is -0.246. The maximum atomic E-state index is 13.8. The number of aliphatic hydroxyl groups is 1. The second-order valence-electron chi connectivity index (χ2n) is 15.3. The summed E-state index contributed by atoms with van der Waals surface area (Å²) in [7, 11) is 2.76. The monoisotopic (exact) mass is 515 g/mol. The van der Waals surface area contributed by atoms with Crippen LogP contribution in [0.25, 0.3) is 0 Å². The number of hydrogen-bond acceptors (Lipinski definition) is 2. The Bertz CT molecular complexity index is 916. The van der Waals surface area contributed by atoms with Crippen LogP contribution >= 0.6 is 9.24 Å². The molecule has 0 spiro atoms. The van der Waals surface area contributed by atoms with Crippen LogP contribution in [0.5, 0.6) is 0 Å². The van der Waals surface area contributed by atoms with Gasteiger partial charge in [-0.2, -0.15) is 0 Å². The summed E-state index contributed by atoms with van der Waals surface area (Å²) in [5.74, 6) is 3.16. The van der Waals surface area contributed by atoms with E-state index in [1.54, 1.807) is 0 Å². The van der Waals surface area contributed by atoms with E-state index in [1.807, 2.05) is 0 Å². The van der Waals surface area contributed by atoms with E-state index in [0.717, 1.165) is 38.4 Å². The van der Waals surface area contributed by atoms with E-state index in [0.29, 0.717) is 46.3 Å². The molecule has 0 bridgehead atoms. The molecule has 204 valence electrons. The van der Waals surface area contributed by atoms with E-state index in [-0.39, 0.29) is 22.3 Å². The van der Waals surface area contributed by atoms with E-state index >= 15 is 0 Å². The molecule has 2 N–H and O–H groups in total. The van der Waals surface area contributed by atoms with Gasteiger partial charge in [-0.15, -0.1) is 9.24 Å². The lowest BCUT2D eigenvalue weighted by Gasteiger charge is -2.72. The van der Waals surface area contributed by atoms with Crippen molar-refractivity contribution in [2.45, 2.75) is 112 Å². The predicted octanol–water partition coefficient (Wildman–Crippen LogP) is 7.00. The zero-order valence-corrected chi connectivity index (χ0v) is 25.2. The first-order valence-electron chi connectivity index (χ1n) is 15.1. The Labute approximate surface area is 223 Å². The molecule has 0 aromatic heterocycles. The highest BCUT2D eigenvalue weighted by molar-refractivity contribution is 7.16. The predicted molar refractivity (Wildman–Crippen MR) is 153 cm³/mol. The van der Waals surface area contributed by atoms with Gasteiger partial charge in [0.2, 0.25) is 5.91 Å². The number of aliphatic hydroxyl groups excluding tert-OH is 1. The van der Waals surface area contributed by atoms with Crippen LogP contribution in [0.1, 0.15) is 106 Å². The number of hydrogen-bond donors (Lipinski definition) is 2. The van der Waals surface area contributed by atoms with Crippen LogP contribution in [0.3, 0.4) is 0 Å². The molecule has 0 saturated heterocycles. The van der Waals surface area contributed by atoms with Gasteiger partial charge in [-0.3, -0.25) is 4.79 Å². The number of carbonyl (C=O) groups is 1. The van der Waals surface area contributed by atoms with Gasteiger partial charge >= 0.3 is 0 Å². The van der Waals surface area contributed by atoms with Gasteiger partial charge in [-0.05, 0) is 129 Å². The van der Waals surface area contributed by atoms with Crippen molar-refractivity contribution in [1.29, 1.82) is 0 Å². The third-order valence-corrected chi connectivity index (χ3v) is 14.2. The normalized spacial score (nSPS) is 51.3. The van der Waals surface area contributed by atoms with E-state index in [1.165, 1.54) is 44.1 Å². The molecule has 5 saturated carbocycles. The number of rotatable bonds is 4. The second-order valence-corrected chi connectivity index (χ2v) is 15.8. The fourth-order valence-corrected chi connectivity index (χ4v) is 12.0. The lowest BCUT2D eigenvalue weighted by Crippen LogP contribution is -2.67. The molecule has 0 aromatic rings. The van der Waals surface area contributed by atoms with Crippen molar-refractivity contribution >= 4 is 15.1 Å².